The van der Waals surface area contributed by atoms with Crippen molar-refractivity contribution in [2.24, 2.45) is 5.92 Å². The van der Waals surface area contributed by atoms with Crippen LogP contribution in [-0.4, -0.2) is 230 Å². The van der Waals surface area contributed by atoms with Gasteiger partial charge in [-0.05, 0) is 97.1 Å². The molecule has 15 aromatic heterocycles. The number of aromatic nitrogens is 22. The Kier molecular flexibility index (Phi) is 35.4. The Balaban J connectivity index is 0.000000972. The van der Waals surface area contributed by atoms with Gasteiger partial charge in [-0.3, -0.25) is 24.0 Å². The van der Waals surface area contributed by atoms with Crippen LogP contribution in [-0.2, 0) is 24.0 Å². The van der Waals surface area contributed by atoms with E-state index in [0.29, 0.717) is 108 Å². The molecule has 0 spiro atoms. The van der Waals surface area contributed by atoms with E-state index in [1.807, 2.05) is 16.0 Å². The molecular formula is C88H105Cl5F18N32O5. The molecule has 37 nitrogen and oxygen atoms in total. The van der Waals surface area contributed by atoms with Gasteiger partial charge in [0, 0.05) is 131 Å². The maximum absolute atomic E-state index is 14.5. The van der Waals surface area contributed by atoms with Crippen molar-refractivity contribution >= 4 is 172 Å². The Morgan fingerprint density at radius 1 is 0.311 bits per heavy atom. The summed E-state index contributed by atoms with van der Waals surface area (Å²) in [6.07, 6.45) is -1.82. The fourth-order valence-electron chi connectivity index (χ4n) is 13.2. The van der Waals surface area contributed by atoms with Gasteiger partial charge in [0.15, 0.2) is 64.0 Å². The number of halogens is 23. The highest BCUT2D eigenvalue weighted by Crippen LogP contribution is 2.38. The topological polar surface area (TPSA) is 504 Å². The summed E-state index contributed by atoms with van der Waals surface area (Å²) in [6, 6.07) is 8.30. The number of hydrogen-bond acceptors (Lipinski definition) is 27. The first-order valence-corrected chi connectivity index (χ1v) is 45.3. The van der Waals surface area contributed by atoms with Crippen molar-refractivity contribution in [2.75, 3.05) is 59.3 Å². The van der Waals surface area contributed by atoms with Gasteiger partial charge in [0.1, 0.15) is 101 Å². The second-order valence-corrected chi connectivity index (χ2v) is 36.0. The van der Waals surface area contributed by atoms with Gasteiger partial charge >= 0.3 is 30.9 Å². The van der Waals surface area contributed by atoms with E-state index in [0.717, 1.165) is 18.6 Å². The lowest BCUT2D eigenvalue weighted by Crippen LogP contribution is -2.55. The summed E-state index contributed by atoms with van der Waals surface area (Å²) in [6.45, 7) is 9.09. The molecule has 0 aromatic carbocycles. The molecule has 0 unspecified atom stereocenters. The van der Waals surface area contributed by atoms with E-state index in [-0.39, 0.29) is 92.0 Å². The van der Waals surface area contributed by atoms with Gasteiger partial charge in [-0.1, -0.05) is 92.6 Å². The van der Waals surface area contributed by atoms with Crippen molar-refractivity contribution in [1.82, 2.24) is 136 Å². The van der Waals surface area contributed by atoms with Gasteiger partial charge < -0.3 is 78.1 Å². The molecule has 15 aromatic rings. The highest BCUT2D eigenvalue weighted by atomic mass is 35.5. The van der Waals surface area contributed by atoms with Gasteiger partial charge in [-0.2, -0.15) is 75.8 Å². The van der Waals surface area contributed by atoms with Crippen LogP contribution in [0.15, 0.2) is 124 Å². The fraction of sp³-hybridized carbons (Fsp3) is 0.341. The van der Waals surface area contributed by atoms with Crippen molar-refractivity contribution in [3.05, 3.63) is 166 Å². The molecule has 0 aliphatic carbocycles. The maximum Gasteiger partial charge on any atom is 0.405 e. The number of amides is 5. The molecule has 0 bridgehead atoms. The van der Waals surface area contributed by atoms with Crippen LogP contribution in [0.3, 0.4) is 0 Å². The highest BCUT2D eigenvalue weighted by molar-refractivity contribution is 6.33. The molecule has 15 heterocycles. The van der Waals surface area contributed by atoms with Crippen LogP contribution >= 0.6 is 58.0 Å². The fourth-order valence-corrected chi connectivity index (χ4v) is 14.0. The number of fused-ring (bicyclic) bond motifs is 5. The van der Waals surface area contributed by atoms with Crippen LogP contribution in [0, 0.1) is 23.4 Å². The average molecular weight is 2210 g/mol. The van der Waals surface area contributed by atoms with Crippen molar-refractivity contribution in [1.29, 1.82) is 0 Å². The average Bonchev–Trinajstić information content (AvgIpc) is 1.80. The van der Waals surface area contributed by atoms with E-state index in [1.54, 1.807) is 107 Å². The third-order valence-corrected chi connectivity index (χ3v) is 23.1. The minimum absolute atomic E-state index is 0. The van der Waals surface area contributed by atoms with Gasteiger partial charge in [-0.25, -0.2) is 87.9 Å². The predicted molar refractivity (Wildman–Crippen MR) is 534 cm³/mol. The first-order chi connectivity index (χ1) is 69.1. The Hall–Kier alpha value is -14.8. The molecule has 0 radical (unpaired) electrons. The lowest BCUT2D eigenvalue weighted by molar-refractivity contribution is -0.141. The lowest BCUT2D eigenvalue weighted by atomic mass is 9.87. The number of rotatable bonds is 29. The molecule has 0 fully saturated rings. The molecule has 0 saturated heterocycles. The number of alkyl halides is 15. The van der Waals surface area contributed by atoms with Gasteiger partial charge in [0.05, 0.1) is 43.7 Å². The van der Waals surface area contributed by atoms with Crippen LogP contribution in [0.5, 0.6) is 0 Å². The summed E-state index contributed by atoms with van der Waals surface area (Å²) < 4.78 is 230. The molecule has 0 aliphatic heterocycles. The van der Waals surface area contributed by atoms with E-state index < -0.39 is 144 Å². The van der Waals surface area contributed by atoms with E-state index in [2.05, 4.69) is 136 Å². The summed E-state index contributed by atoms with van der Waals surface area (Å²) >= 11 is 29.9. The van der Waals surface area contributed by atoms with Crippen LogP contribution in [0.2, 0.25) is 25.1 Å². The smallest absolute Gasteiger partial charge is 0.354 e. The second-order valence-electron chi connectivity index (χ2n) is 33.8. The Labute approximate surface area is 864 Å². The van der Waals surface area contributed by atoms with Crippen molar-refractivity contribution < 1.29 is 117 Å². The van der Waals surface area contributed by atoms with Crippen molar-refractivity contribution in [2.45, 2.75) is 154 Å². The maximum atomic E-state index is 14.5. The standard InChI is InChI=1S/C19H19ClF4N6O.2C18H17ClF4N6O.C17H17ClF3N7O.C16H15ClF3N7O.10H2/c1-9(2)18(3,17(31)28-8-19(22,23)24)30-16-13(21)7-27-15(29-16)12-6-26-14-11(12)4-10(20)5-25-14;2*1-3-17(2,16(30)27-8-18(21,22)23)29-15-12(20)7-26-14(28-15)11-6-25-13-10(11)4-9(19)5-24-13;1-3-16(2,14(29)24-7-17(19,20)21)28-15-26-8-25-13(27-15)11-6-23-12-10(11)4-9(18)5-22-12;1-15(2,13(28)23-6-16(18,19)20)27-14-25-7-24-12(26-14)10-5-22-11-9(10)3-8(17)4-21-11;;;;;;;;;;/h4-7,9H,8H2,1-3H3,(H,25,26)(H,28,31)(H,27,29,30);2*4-7H,3,8H2,1-2H3,(H,24,25)(H,27,30)(H,26,28,29);4-6,8H,3,7H2,1-2H3,(H,22,23)(H,24,29)(H,25,26,27,28);3-5,7H,6H2,1-2H3,(H,21,22)(H,23,28)(H,24,25,26,27);10*1H/t18-;2*17-;16-;;;;;;;;;;;/m1100.........../s1. The highest BCUT2D eigenvalue weighted by Gasteiger charge is 2.44. The van der Waals surface area contributed by atoms with E-state index in [1.165, 1.54) is 85.2 Å². The number of carbonyl (C=O) groups is 5. The largest absolute Gasteiger partial charge is 0.405 e. The first kappa shape index (κ1) is 114. The molecule has 5 amide bonds. The number of anilines is 5. The normalized spacial score (nSPS) is 13.6. The summed E-state index contributed by atoms with van der Waals surface area (Å²) in [5.41, 5.74) is -2.01. The zero-order chi connectivity index (χ0) is 109. The van der Waals surface area contributed by atoms with E-state index >= 15 is 0 Å². The minimum atomic E-state index is -4.58. The predicted octanol–water partition coefficient (Wildman–Crippen LogP) is 21.2. The molecule has 808 valence electrons. The van der Waals surface area contributed by atoms with Crippen LogP contribution < -0.4 is 53.2 Å². The summed E-state index contributed by atoms with van der Waals surface area (Å²) in [5, 5.41) is 27.8. The number of hydrogen-bond donors (Lipinski definition) is 15. The zero-order valence-corrected chi connectivity index (χ0v) is 82.4. The van der Waals surface area contributed by atoms with Crippen LogP contribution in [0.4, 0.5) is 108 Å². The summed E-state index contributed by atoms with van der Waals surface area (Å²) in [7, 11) is 0. The van der Waals surface area contributed by atoms with E-state index in [9.17, 15) is 103 Å². The van der Waals surface area contributed by atoms with Gasteiger partial charge in [0.2, 0.25) is 41.4 Å². The third-order valence-electron chi connectivity index (χ3n) is 22.1. The summed E-state index contributed by atoms with van der Waals surface area (Å²) in [4.78, 5) is 146. The van der Waals surface area contributed by atoms with Gasteiger partial charge in [0.25, 0.3) is 0 Å². The molecule has 60 heteroatoms. The molecule has 15 N–H and O–H groups in total. The number of pyridine rings is 5. The number of aromatic amines is 5. The summed E-state index contributed by atoms with van der Waals surface area (Å²) in [5.74, 6) is -7.58. The quantitative estimate of drug-likeness (QED) is 0.0194. The van der Waals surface area contributed by atoms with Crippen molar-refractivity contribution in [3.8, 4) is 56.9 Å². The molecule has 148 heavy (non-hydrogen) atoms. The Bertz CT molecular complexity index is 7200. The SMILES string of the molecule is CC(C)(Nc1ncnc(-c2c[nH]c3ncc(Cl)cc23)n1)C(=O)NCC(F)(F)F.CC(C)[C@@](C)(Nc1nc(-c2c[nH]c3ncc(Cl)cc23)ncc1F)C(=O)NCC(F)(F)F.CC[C@@](C)(Nc1nc(-c2c[nH]c3ncc(Cl)cc23)ncc1F)C(=O)NCC(F)(F)F.CC[C@](C)(Nc1nc(-c2c[nH]c3ncc(Cl)cc23)ncc1F)C(=O)NCC(F)(F)F.CC[C@](C)(Nc1ncnc(-c2c[nH]c3ncc(Cl)cc23)n1)C(=O)NCC(F)(F)F.[HH].[HH].[HH].[HH].[HH].[HH].[HH].[HH].[HH].[HH]. The number of H-pyrrole nitrogens is 5. The lowest BCUT2D eigenvalue weighted by Gasteiger charge is -2.34. The van der Waals surface area contributed by atoms with E-state index in [4.69, 9.17) is 58.0 Å². The molecule has 0 aliphatic rings. The monoisotopic (exact) mass is 2210 g/mol. The molecular weight excluding hydrogens is 2100 g/mol. The molecule has 4 atom stereocenters. The van der Waals surface area contributed by atoms with Crippen molar-refractivity contribution in [3.63, 3.8) is 0 Å². The molecule has 0 saturated carbocycles. The Morgan fingerprint density at radius 2 is 0.547 bits per heavy atom. The van der Waals surface area contributed by atoms with Gasteiger partial charge in [-0.15, -0.1) is 0 Å². The first-order valence-electron chi connectivity index (χ1n) is 43.4. The number of nitrogens with zero attached hydrogens (tertiary/aromatic N) is 17. The third kappa shape index (κ3) is 29.6. The molecule has 15 rings (SSSR count). The minimum Gasteiger partial charge on any atom is -0.354 e. The zero-order valence-electron chi connectivity index (χ0n) is 78.6. The second kappa shape index (κ2) is 46.1. The van der Waals surface area contributed by atoms with Crippen LogP contribution in [0.1, 0.15) is 110 Å². The van der Waals surface area contributed by atoms with Crippen LogP contribution in [0.25, 0.3) is 112 Å². The Morgan fingerprint density at radius 3 is 0.804 bits per heavy atom. The number of nitrogens with one attached hydrogen (secondary N) is 15. The number of carbonyl (C=O) groups excluding carboxylic acids is 5.